The summed E-state index contributed by atoms with van der Waals surface area (Å²) in [4.78, 5) is 0. The van der Waals surface area contributed by atoms with Crippen LogP contribution in [-0.2, 0) is 0 Å². The van der Waals surface area contributed by atoms with Crippen molar-refractivity contribution in [2.24, 2.45) is 16.6 Å². The summed E-state index contributed by atoms with van der Waals surface area (Å²) in [6.45, 7) is 0. The standard InChI is InChI=1S/C7H13N5O2/c1-12(13)6(10-11-7(8)9)5-3-2-4-14-5/h2-4,7,11,13H,8-9H2,1H3/b10-6-. The quantitative estimate of drug-likeness (QED) is 0.216. The van der Waals surface area contributed by atoms with Gasteiger partial charge in [-0.2, -0.15) is 5.10 Å². The number of hydrazone groups is 1. The molecule has 6 N–H and O–H groups in total. The minimum atomic E-state index is -0.792. The number of nitrogens with zero attached hydrogens (tertiary/aromatic N) is 2. The van der Waals surface area contributed by atoms with Gasteiger partial charge in [0, 0.05) is 7.05 Å². The number of furan rings is 1. The molecule has 1 aromatic heterocycles. The molecule has 0 aliphatic rings. The Kier molecular flexibility index (Phi) is 3.46. The molecular formula is C7H13N5O2. The number of hydroxylamine groups is 2. The first kappa shape index (κ1) is 10.5. The minimum Gasteiger partial charge on any atom is -0.461 e. The summed E-state index contributed by atoms with van der Waals surface area (Å²) in [5, 5.41) is 13.8. The van der Waals surface area contributed by atoms with Gasteiger partial charge in [0.1, 0.15) is 6.29 Å². The lowest BCUT2D eigenvalue weighted by molar-refractivity contribution is 0.0122. The zero-order valence-corrected chi connectivity index (χ0v) is 7.71. The zero-order chi connectivity index (χ0) is 10.6. The van der Waals surface area contributed by atoms with Crippen LogP contribution in [0, 0.1) is 0 Å². The second-order valence-corrected chi connectivity index (χ2v) is 2.59. The van der Waals surface area contributed by atoms with Gasteiger partial charge in [-0.3, -0.25) is 22.1 Å². The van der Waals surface area contributed by atoms with Crippen LogP contribution in [0.15, 0.2) is 27.9 Å². The van der Waals surface area contributed by atoms with Gasteiger partial charge in [-0.15, -0.1) is 0 Å². The average Bonchev–Trinajstić information content (AvgIpc) is 2.56. The van der Waals surface area contributed by atoms with Crippen LogP contribution in [0.2, 0.25) is 0 Å². The highest BCUT2D eigenvalue weighted by molar-refractivity contribution is 5.95. The Morgan fingerprint density at radius 1 is 1.71 bits per heavy atom. The molecule has 0 amide bonds. The molecule has 0 saturated heterocycles. The monoisotopic (exact) mass is 199 g/mol. The highest BCUT2D eigenvalue weighted by Gasteiger charge is 2.10. The number of rotatable bonds is 3. The number of amidine groups is 1. The first-order valence-electron chi connectivity index (χ1n) is 3.92. The van der Waals surface area contributed by atoms with Crippen molar-refractivity contribution in [3.63, 3.8) is 0 Å². The Hall–Kier alpha value is -1.57. The molecule has 0 atom stereocenters. The molecule has 0 aliphatic heterocycles. The van der Waals surface area contributed by atoms with Gasteiger partial charge in [0.2, 0.25) is 5.84 Å². The van der Waals surface area contributed by atoms with E-state index >= 15 is 0 Å². The Bertz CT molecular complexity index is 293. The molecule has 0 aromatic carbocycles. The fourth-order valence-corrected chi connectivity index (χ4v) is 0.828. The van der Waals surface area contributed by atoms with Crippen molar-refractivity contribution in [3.8, 4) is 0 Å². The molecule has 0 bridgehead atoms. The maximum Gasteiger partial charge on any atom is 0.214 e. The van der Waals surface area contributed by atoms with Gasteiger partial charge in [-0.1, -0.05) is 0 Å². The van der Waals surface area contributed by atoms with Crippen molar-refractivity contribution in [1.82, 2.24) is 10.5 Å². The molecule has 0 aliphatic carbocycles. The molecule has 1 heterocycles. The van der Waals surface area contributed by atoms with E-state index < -0.39 is 6.29 Å². The Morgan fingerprint density at radius 3 is 2.86 bits per heavy atom. The zero-order valence-electron chi connectivity index (χ0n) is 7.71. The summed E-state index contributed by atoms with van der Waals surface area (Å²) in [6.07, 6.45) is 0.677. The third kappa shape index (κ3) is 2.73. The van der Waals surface area contributed by atoms with E-state index in [1.54, 1.807) is 12.1 Å². The SMILES string of the molecule is CN(O)/C(=N\NC(N)N)c1ccco1. The van der Waals surface area contributed by atoms with Crippen LogP contribution in [0.5, 0.6) is 0 Å². The molecule has 7 heteroatoms. The molecule has 0 spiro atoms. The van der Waals surface area contributed by atoms with Gasteiger partial charge >= 0.3 is 0 Å². The lowest BCUT2D eigenvalue weighted by Gasteiger charge is -2.12. The van der Waals surface area contributed by atoms with Crippen molar-refractivity contribution < 1.29 is 9.62 Å². The van der Waals surface area contributed by atoms with Crippen LogP contribution < -0.4 is 16.9 Å². The lowest BCUT2D eigenvalue weighted by atomic mass is 10.4. The maximum atomic E-state index is 9.22. The van der Waals surface area contributed by atoms with E-state index in [-0.39, 0.29) is 5.84 Å². The summed E-state index contributed by atoms with van der Waals surface area (Å²) < 4.78 is 5.04. The van der Waals surface area contributed by atoms with E-state index in [1.165, 1.54) is 13.3 Å². The van der Waals surface area contributed by atoms with Gasteiger partial charge in [0.25, 0.3) is 0 Å². The number of hydrogen-bond acceptors (Lipinski definition) is 6. The Morgan fingerprint density at radius 2 is 2.43 bits per heavy atom. The molecular weight excluding hydrogens is 186 g/mol. The first-order valence-corrected chi connectivity index (χ1v) is 3.92. The van der Waals surface area contributed by atoms with Crippen LogP contribution in [0.1, 0.15) is 5.76 Å². The predicted octanol–water partition coefficient (Wildman–Crippen LogP) is -0.947. The van der Waals surface area contributed by atoms with Gasteiger partial charge < -0.3 is 4.42 Å². The van der Waals surface area contributed by atoms with Gasteiger partial charge in [-0.25, -0.2) is 5.06 Å². The van der Waals surface area contributed by atoms with E-state index in [2.05, 4.69) is 10.5 Å². The second-order valence-electron chi connectivity index (χ2n) is 2.59. The molecule has 0 fully saturated rings. The summed E-state index contributed by atoms with van der Waals surface area (Å²) in [5.41, 5.74) is 12.8. The highest BCUT2D eigenvalue weighted by Crippen LogP contribution is 2.03. The molecule has 0 radical (unpaired) electrons. The van der Waals surface area contributed by atoms with E-state index in [4.69, 9.17) is 15.9 Å². The Balaban J connectivity index is 2.80. The summed E-state index contributed by atoms with van der Waals surface area (Å²) in [5.74, 6) is 0.596. The van der Waals surface area contributed by atoms with E-state index in [9.17, 15) is 5.21 Å². The maximum absolute atomic E-state index is 9.22. The van der Waals surface area contributed by atoms with Crippen LogP contribution in [-0.4, -0.2) is 29.4 Å². The number of nitrogens with two attached hydrogens (primary N) is 2. The third-order valence-corrected chi connectivity index (χ3v) is 1.37. The summed E-state index contributed by atoms with van der Waals surface area (Å²) >= 11 is 0. The van der Waals surface area contributed by atoms with Crippen LogP contribution in [0.25, 0.3) is 0 Å². The predicted molar refractivity (Wildman–Crippen MR) is 50.1 cm³/mol. The van der Waals surface area contributed by atoms with Crippen LogP contribution >= 0.6 is 0 Å². The van der Waals surface area contributed by atoms with Gasteiger partial charge in [-0.05, 0) is 12.1 Å². The molecule has 1 rings (SSSR count). The normalized spacial score (nSPS) is 11.9. The van der Waals surface area contributed by atoms with Crippen LogP contribution in [0.4, 0.5) is 0 Å². The molecule has 78 valence electrons. The minimum absolute atomic E-state index is 0.191. The third-order valence-electron chi connectivity index (χ3n) is 1.37. The van der Waals surface area contributed by atoms with Gasteiger partial charge in [0.05, 0.1) is 6.26 Å². The van der Waals surface area contributed by atoms with Crippen molar-refractivity contribution >= 4 is 5.84 Å². The van der Waals surface area contributed by atoms with E-state index in [0.29, 0.717) is 5.76 Å². The molecule has 7 nitrogen and oxygen atoms in total. The smallest absolute Gasteiger partial charge is 0.214 e. The molecule has 1 aromatic rings. The largest absolute Gasteiger partial charge is 0.461 e. The summed E-state index contributed by atoms with van der Waals surface area (Å²) in [6, 6.07) is 3.33. The highest BCUT2D eigenvalue weighted by atomic mass is 16.5. The molecule has 0 unspecified atom stereocenters. The average molecular weight is 199 g/mol. The van der Waals surface area contributed by atoms with Crippen molar-refractivity contribution in [2.75, 3.05) is 7.05 Å². The van der Waals surface area contributed by atoms with Crippen molar-refractivity contribution in [3.05, 3.63) is 24.2 Å². The number of hydrogen-bond donors (Lipinski definition) is 4. The molecule has 0 saturated carbocycles. The van der Waals surface area contributed by atoms with Crippen molar-refractivity contribution in [2.45, 2.75) is 6.29 Å². The topological polar surface area (TPSA) is 113 Å². The number of nitrogens with one attached hydrogen (secondary N) is 1. The second kappa shape index (κ2) is 4.61. The Labute approximate surface area is 80.9 Å². The van der Waals surface area contributed by atoms with Crippen molar-refractivity contribution in [1.29, 1.82) is 0 Å². The fraction of sp³-hybridized carbons (Fsp3) is 0.286. The fourth-order valence-electron chi connectivity index (χ4n) is 0.828. The lowest BCUT2D eigenvalue weighted by Crippen LogP contribution is -2.43. The van der Waals surface area contributed by atoms with E-state index in [0.717, 1.165) is 5.06 Å². The first-order chi connectivity index (χ1) is 6.61. The summed E-state index contributed by atoms with van der Waals surface area (Å²) in [7, 11) is 1.41. The van der Waals surface area contributed by atoms with Crippen LogP contribution in [0.3, 0.4) is 0 Å². The van der Waals surface area contributed by atoms with E-state index in [1.807, 2.05) is 0 Å². The van der Waals surface area contributed by atoms with Gasteiger partial charge in [0.15, 0.2) is 5.76 Å². The molecule has 14 heavy (non-hydrogen) atoms.